The van der Waals surface area contributed by atoms with Crippen LogP contribution in [0.15, 0.2) is 23.8 Å². The molecular formula is C18H32O2. The standard InChI is InChI=1S/C18H32O2/c1-6-13-20-18(19)14-17(5)12-8-11-16(4)10-7-9-15(2)3/h8,12,14-16H,6-7,9-11,13H2,1-5H3/b12-8+,17-14+. The van der Waals surface area contributed by atoms with Crippen molar-refractivity contribution in [3.05, 3.63) is 23.8 Å². The highest BCUT2D eigenvalue weighted by molar-refractivity contribution is 5.83. The van der Waals surface area contributed by atoms with E-state index in [0.717, 1.165) is 24.3 Å². The van der Waals surface area contributed by atoms with Gasteiger partial charge >= 0.3 is 5.97 Å². The first-order chi connectivity index (χ1) is 9.45. The molecule has 0 saturated heterocycles. The Bertz CT molecular complexity index is 313. The molecule has 0 amide bonds. The smallest absolute Gasteiger partial charge is 0.331 e. The van der Waals surface area contributed by atoms with Gasteiger partial charge < -0.3 is 4.74 Å². The van der Waals surface area contributed by atoms with E-state index < -0.39 is 0 Å². The summed E-state index contributed by atoms with van der Waals surface area (Å²) in [6.07, 6.45) is 11.6. The number of carbonyl (C=O) groups is 1. The number of hydrogen-bond donors (Lipinski definition) is 0. The van der Waals surface area contributed by atoms with Crippen molar-refractivity contribution < 1.29 is 9.53 Å². The zero-order valence-corrected chi connectivity index (χ0v) is 13.9. The first-order valence-corrected chi connectivity index (χ1v) is 7.97. The SMILES string of the molecule is CCCOC(=O)/C=C(C)/C=C/CC(C)CCCC(C)C. The fraction of sp³-hybridized carbons (Fsp3) is 0.722. The summed E-state index contributed by atoms with van der Waals surface area (Å²) in [6, 6.07) is 0. The van der Waals surface area contributed by atoms with Crippen molar-refractivity contribution in [1.82, 2.24) is 0 Å². The second-order valence-electron chi connectivity index (χ2n) is 6.12. The van der Waals surface area contributed by atoms with Crippen LogP contribution in [0.4, 0.5) is 0 Å². The highest BCUT2D eigenvalue weighted by atomic mass is 16.5. The van der Waals surface area contributed by atoms with Crippen LogP contribution >= 0.6 is 0 Å². The van der Waals surface area contributed by atoms with Crippen molar-refractivity contribution in [1.29, 1.82) is 0 Å². The predicted molar refractivity (Wildman–Crippen MR) is 86.6 cm³/mol. The summed E-state index contributed by atoms with van der Waals surface area (Å²) in [7, 11) is 0. The molecule has 2 heteroatoms. The van der Waals surface area contributed by atoms with E-state index in [2.05, 4.69) is 26.8 Å². The number of ether oxygens (including phenoxy) is 1. The van der Waals surface area contributed by atoms with Crippen LogP contribution in [-0.4, -0.2) is 12.6 Å². The maximum atomic E-state index is 11.4. The number of hydrogen-bond acceptors (Lipinski definition) is 2. The third kappa shape index (κ3) is 12.0. The quantitative estimate of drug-likeness (QED) is 0.308. The van der Waals surface area contributed by atoms with Crippen LogP contribution in [0.1, 0.15) is 66.7 Å². The minimum atomic E-state index is -0.237. The zero-order chi connectivity index (χ0) is 15.4. The van der Waals surface area contributed by atoms with Gasteiger partial charge in [-0.1, -0.05) is 59.1 Å². The zero-order valence-electron chi connectivity index (χ0n) is 13.9. The average molecular weight is 280 g/mol. The average Bonchev–Trinajstić information content (AvgIpc) is 2.35. The minimum absolute atomic E-state index is 0.237. The molecule has 0 spiro atoms. The van der Waals surface area contributed by atoms with E-state index in [0.29, 0.717) is 12.5 Å². The largest absolute Gasteiger partial charge is 0.463 e. The predicted octanol–water partition coefficient (Wildman–Crippen LogP) is 5.29. The highest BCUT2D eigenvalue weighted by Gasteiger charge is 2.01. The lowest BCUT2D eigenvalue weighted by Gasteiger charge is -2.09. The summed E-state index contributed by atoms with van der Waals surface area (Å²) in [6.45, 7) is 11.3. The van der Waals surface area contributed by atoms with Crippen LogP contribution in [0, 0.1) is 11.8 Å². The normalized spacial score (nSPS) is 14.0. The van der Waals surface area contributed by atoms with E-state index in [1.165, 1.54) is 19.3 Å². The van der Waals surface area contributed by atoms with Gasteiger partial charge in [0.15, 0.2) is 0 Å². The van der Waals surface area contributed by atoms with Crippen LogP contribution in [-0.2, 0) is 9.53 Å². The van der Waals surface area contributed by atoms with Gasteiger partial charge in [-0.05, 0) is 37.2 Å². The van der Waals surface area contributed by atoms with Gasteiger partial charge in [0.2, 0.25) is 0 Å². The second-order valence-corrected chi connectivity index (χ2v) is 6.12. The molecule has 0 radical (unpaired) electrons. The van der Waals surface area contributed by atoms with Gasteiger partial charge in [0.1, 0.15) is 0 Å². The Balaban J connectivity index is 3.92. The van der Waals surface area contributed by atoms with Crippen LogP contribution in [0.5, 0.6) is 0 Å². The molecule has 0 aliphatic carbocycles. The molecule has 0 aliphatic rings. The Hall–Kier alpha value is -1.05. The molecule has 116 valence electrons. The van der Waals surface area contributed by atoms with Crippen LogP contribution in [0.2, 0.25) is 0 Å². The fourth-order valence-electron chi connectivity index (χ4n) is 1.96. The lowest BCUT2D eigenvalue weighted by Crippen LogP contribution is -2.01. The molecule has 0 aromatic carbocycles. The van der Waals surface area contributed by atoms with Crippen molar-refractivity contribution in [3.63, 3.8) is 0 Å². The highest BCUT2D eigenvalue weighted by Crippen LogP contribution is 2.15. The third-order valence-corrected chi connectivity index (χ3v) is 3.19. The van der Waals surface area contributed by atoms with Gasteiger partial charge in [-0.15, -0.1) is 0 Å². The number of esters is 1. The molecule has 0 saturated carbocycles. The molecule has 20 heavy (non-hydrogen) atoms. The monoisotopic (exact) mass is 280 g/mol. The molecule has 0 heterocycles. The van der Waals surface area contributed by atoms with Gasteiger partial charge in [-0.3, -0.25) is 0 Å². The molecule has 0 aromatic rings. The van der Waals surface area contributed by atoms with E-state index in [1.54, 1.807) is 6.08 Å². The first kappa shape index (κ1) is 18.9. The lowest BCUT2D eigenvalue weighted by atomic mass is 9.97. The maximum Gasteiger partial charge on any atom is 0.331 e. The second kappa shape index (κ2) is 11.7. The van der Waals surface area contributed by atoms with E-state index >= 15 is 0 Å². The molecule has 0 rings (SSSR count). The third-order valence-electron chi connectivity index (χ3n) is 3.19. The Labute approximate surface area is 125 Å². The van der Waals surface area contributed by atoms with E-state index in [-0.39, 0.29) is 5.97 Å². The topological polar surface area (TPSA) is 26.3 Å². The molecule has 1 atom stereocenters. The van der Waals surface area contributed by atoms with Crippen LogP contribution in [0.25, 0.3) is 0 Å². The summed E-state index contributed by atoms with van der Waals surface area (Å²) in [5.41, 5.74) is 0.959. The summed E-state index contributed by atoms with van der Waals surface area (Å²) in [4.78, 5) is 11.4. The summed E-state index contributed by atoms with van der Waals surface area (Å²) in [5.74, 6) is 1.28. The maximum absolute atomic E-state index is 11.4. The molecule has 0 fully saturated rings. The molecule has 0 aromatic heterocycles. The molecular weight excluding hydrogens is 248 g/mol. The van der Waals surface area contributed by atoms with Gasteiger partial charge in [-0.25, -0.2) is 4.79 Å². The summed E-state index contributed by atoms with van der Waals surface area (Å²) < 4.78 is 5.02. The Morgan fingerprint density at radius 1 is 1.20 bits per heavy atom. The van der Waals surface area contributed by atoms with E-state index in [1.807, 2.05) is 19.9 Å². The number of rotatable bonds is 10. The Morgan fingerprint density at radius 3 is 2.50 bits per heavy atom. The van der Waals surface area contributed by atoms with E-state index in [9.17, 15) is 4.79 Å². The van der Waals surface area contributed by atoms with Crippen molar-refractivity contribution in [2.75, 3.05) is 6.61 Å². The molecule has 0 aliphatic heterocycles. The molecule has 1 unspecified atom stereocenters. The lowest BCUT2D eigenvalue weighted by molar-refractivity contribution is -0.137. The summed E-state index contributed by atoms with van der Waals surface area (Å²) >= 11 is 0. The van der Waals surface area contributed by atoms with Gasteiger partial charge in [0.05, 0.1) is 6.61 Å². The van der Waals surface area contributed by atoms with Crippen molar-refractivity contribution in [2.24, 2.45) is 11.8 Å². The van der Waals surface area contributed by atoms with Gasteiger partial charge in [0, 0.05) is 6.08 Å². The Morgan fingerprint density at radius 2 is 1.90 bits per heavy atom. The minimum Gasteiger partial charge on any atom is -0.463 e. The van der Waals surface area contributed by atoms with E-state index in [4.69, 9.17) is 4.74 Å². The van der Waals surface area contributed by atoms with Crippen LogP contribution in [0.3, 0.4) is 0 Å². The number of allylic oxidation sites excluding steroid dienone is 3. The van der Waals surface area contributed by atoms with Gasteiger partial charge in [0.25, 0.3) is 0 Å². The van der Waals surface area contributed by atoms with Gasteiger partial charge in [-0.2, -0.15) is 0 Å². The van der Waals surface area contributed by atoms with Crippen molar-refractivity contribution in [2.45, 2.75) is 66.7 Å². The Kier molecular flexibility index (Phi) is 11.1. The van der Waals surface area contributed by atoms with Crippen molar-refractivity contribution in [3.8, 4) is 0 Å². The molecule has 0 bridgehead atoms. The molecule has 2 nitrogen and oxygen atoms in total. The van der Waals surface area contributed by atoms with Crippen LogP contribution < -0.4 is 0 Å². The fourth-order valence-corrected chi connectivity index (χ4v) is 1.96. The first-order valence-electron chi connectivity index (χ1n) is 7.97. The summed E-state index contributed by atoms with van der Waals surface area (Å²) in [5, 5.41) is 0. The van der Waals surface area contributed by atoms with Crippen molar-refractivity contribution >= 4 is 5.97 Å². The molecule has 0 N–H and O–H groups in total. The number of carbonyl (C=O) groups excluding carboxylic acids is 1.